The number of carbonyl (C=O) groups excluding carboxylic acids is 1. The Bertz CT molecular complexity index is 481. The highest BCUT2D eigenvalue weighted by Gasteiger charge is 2.23. The highest BCUT2D eigenvalue weighted by atomic mass is 19.1. The molecule has 1 aromatic carbocycles. The van der Waals surface area contributed by atoms with E-state index in [9.17, 15) is 9.18 Å². The molecule has 1 atom stereocenters. The molecule has 0 radical (unpaired) electrons. The molecule has 6 heteroatoms. The molecule has 1 saturated heterocycles. The van der Waals surface area contributed by atoms with Crippen LogP contribution < -0.4 is 15.5 Å². The van der Waals surface area contributed by atoms with Crippen molar-refractivity contribution in [1.29, 1.82) is 0 Å². The molecule has 1 aromatic rings. The Hall–Kier alpha value is -1.82. The fourth-order valence-electron chi connectivity index (χ4n) is 2.76. The van der Waals surface area contributed by atoms with E-state index in [2.05, 4.69) is 15.5 Å². The molecule has 0 bridgehead atoms. The van der Waals surface area contributed by atoms with Crippen LogP contribution >= 0.6 is 0 Å². The van der Waals surface area contributed by atoms with Crippen molar-refractivity contribution in [3.8, 4) is 0 Å². The van der Waals surface area contributed by atoms with Crippen LogP contribution in [0.15, 0.2) is 24.3 Å². The second-order valence-corrected chi connectivity index (χ2v) is 5.91. The first kappa shape index (κ1) is 17.5. The summed E-state index contributed by atoms with van der Waals surface area (Å²) in [5.74, 6) is 0.215. The number of rotatable bonds is 8. The molecule has 1 fully saturated rings. The van der Waals surface area contributed by atoms with Gasteiger partial charge in [0.05, 0.1) is 0 Å². The van der Waals surface area contributed by atoms with Gasteiger partial charge in [-0.25, -0.2) is 9.18 Å². The SMILES string of the molecule is COCCCCNC(=O)NC[C@@H]1CCN(c2ccc(F)cc2)C1. The Morgan fingerprint density at radius 3 is 2.83 bits per heavy atom. The van der Waals surface area contributed by atoms with Crippen LogP contribution in [0.5, 0.6) is 0 Å². The number of nitrogens with zero attached hydrogens (tertiary/aromatic N) is 1. The van der Waals surface area contributed by atoms with Crippen LogP contribution in [0.2, 0.25) is 0 Å². The standard InChI is InChI=1S/C17H26FN3O2/c1-23-11-3-2-9-19-17(22)20-12-14-8-10-21(13-14)16-6-4-15(18)5-7-16/h4-7,14H,2-3,8-13H2,1H3,(H2,19,20,22)/t14-/m0/s1. The maximum Gasteiger partial charge on any atom is 0.314 e. The number of carbonyl (C=O) groups is 1. The van der Waals surface area contributed by atoms with Gasteiger partial charge >= 0.3 is 6.03 Å². The minimum absolute atomic E-state index is 0.109. The van der Waals surface area contributed by atoms with Crippen molar-refractivity contribution in [3.05, 3.63) is 30.1 Å². The van der Waals surface area contributed by atoms with E-state index in [0.717, 1.165) is 44.6 Å². The molecular weight excluding hydrogens is 297 g/mol. The molecule has 1 heterocycles. The van der Waals surface area contributed by atoms with Crippen molar-refractivity contribution in [3.63, 3.8) is 0 Å². The number of amides is 2. The van der Waals surface area contributed by atoms with Gasteiger partial charge in [-0.3, -0.25) is 0 Å². The molecule has 5 nitrogen and oxygen atoms in total. The Labute approximate surface area is 137 Å². The molecule has 2 amide bonds. The first-order valence-corrected chi connectivity index (χ1v) is 8.20. The third-order valence-corrected chi connectivity index (χ3v) is 4.09. The van der Waals surface area contributed by atoms with E-state index in [-0.39, 0.29) is 11.8 Å². The van der Waals surface area contributed by atoms with Crippen molar-refractivity contribution in [1.82, 2.24) is 10.6 Å². The second-order valence-electron chi connectivity index (χ2n) is 5.91. The summed E-state index contributed by atoms with van der Waals surface area (Å²) in [6, 6.07) is 6.47. The lowest BCUT2D eigenvalue weighted by Crippen LogP contribution is -2.39. The van der Waals surface area contributed by atoms with Gasteiger partial charge in [0.1, 0.15) is 5.82 Å². The average molecular weight is 323 g/mol. The van der Waals surface area contributed by atoms with E-state index >= 15 is 0 Å². The Morgan fingerprint density at radius 2 is 2.09 bits per heavy atom. The molecule has 0 aromatic heterocycles. The van der Waals surface area contributed by atoms with Crippen LogP contribution in [-0.4, -0.2) is 45.9 Å². The van der Waals surface area contributed by atoms with Crippen LogP contribution in [0, 0.1) is 11.7 Å². The van der Waals surface area contributed by atoms with Gasteiger partial charge in [0.25, 0.3) is 0 Å². The van der Waals surface area contributed by atoms with Crippen molar-refractivity contribution < 1.29 is 13.9 Å². The lowest BCUT2D eigenvalue weighted by atomic mass is 10.1. The Balaban J connectivity index is 1.62. The van der Waals surface area contributed by atoms with Crippen LogP contribution in [0.3, 0.4) is 0 Å². The smallest absolute Gasteiger partial charge is 0.314 e. The summed E-state index contributed by atoms with van der Waals surface area (Å²) in [7, 11) is 1.68. The minimum Gasteiger partial charge on any atom is -0.385 e. The van der Waals surface area contributed by atoms with Crippen molar-refractivity contribution in [2.45, 2.75) is 19.3 Å². The van der Waals surface area contributed by atoms with Crippen molar-refractivity contribution in [2.24, 2.45) is 5.92 Å². The number of hydrogen-bond donors (Lipinski definition) is 2. The molecule has 1 aliphatic rings. The predicted octanol–water partition coefficient (Wildman–Crippen LogP) is 2.38. The molecule has 128 valence electrons. The van der Waals surface area contributed by atoms with Gasteiger partial charge < -0.3 is 20.3 Å². The minimum atomic E-state index is -0.215. The molecule has 0 saturated carbocycles. The van der Waals surface area contributed by atoms with E-state index in [1.807, 2.05) is 0 Å². The predicted molar refractivity (Wildman–Crippen MR) is 89.2 cm³/mol. The molecule has 0 aliphatic carbocycles. The van der Waals surface area contributed by atoms with Crippen molar-refractivity contribution >= 4 is 11.7 Å². The van der Waals surface area contributed by atoms with Gasteiger partial charge in [-0.2, -0.15) is 0 Å². The molecular formula is C17H26FN3O2. The summed E-state index contributed by atoms with van der Waals surface area (Å²) >= 11 is 0. The summed E-state index contributed by atoms with van der Waals surface area (Å²) in [6.45, 7) is 3.89. The molecule has 1 aliphatic heterocycles. The largest absolute Gasteiger partial charge is 0.385 e. The maximum absolute atomic E-state index is 13.0. The number of anilines is 1. The fraction of sp³-hybridized carbons (Fsp3) is 0.588. The Morgan fingerprint density at radius 1 is 1.30 bits per heavy atom. The van der Waals surface area contributed by atoms with Gasteiger partial charge in [0.2, 0.25) is 0 Å². The average Bonchev–Trinajstić information content (AvgIpc) is 3.02. The summed E-state index contributed by atoms with van der Waals surface area (Å²) in [5.41, 5.74) is 1.04. The number of urea groups is 1. The van der Waals surface area contributed by atoms with Gasteiger partial charge in [-0.05, 0) is 49.4 Å². The number of hydrogen-bond acceptors (Lipinski definition) is 3. The van der Waals surface area contributed by atoms with Crippen molar-refractivity contribution in [2.75, 3.05) is 44.8 Å². The third kappa shape index (κ3) is 6.06. The van der Waals surface area contributed by atoms with Crippen LogP contribution in [0.1, 0.15) is 19.3 Å². The summed E-state index contributed by atoms with van der Waals surface area (Å²) in [6.07, 6.45) is 2.90. The number of methoxy groups -OCH3 is 1. The topological polar surface area (TPSA) is 53.6 Å². The highest BCUT2D eigenvalue weighted by molar-refractivity contribution is 5.73. The number of benzene rings is 1. The zero-order valence-electron chi connectivity index (χ0n) is 13.7. The van der Waals surface area contributed by atoms with E-state index in [4.69, 9.17) is 4.74 Å². The van der Waals surface area contributed by atoms with E-state index < -0.39 is 0 Å². The van der Waals surface area contributed by atoms with E-state index in [1.165, 1.54) is 12.1 Å². The summed E-state index contributed by atoms with van der Waals surface area (Å²) < 4.78 is 17.9. The summed E-state index contributed by atoms with van der Waals surface area (Å²) in [4.78, 5) is 13.9. The number of nitrogens with one attached hydrogen (secondary N) is 2. The van der Waals surface area contributed by atoms with Gasteiger partial charge in [-0.1, -0.05) is 0 Å². The molecule has 2 rings (SSSR count). The first-order valence-electron chi connectivity index (χ1n) is 8.20. The maximum atomic E-state index is 13.0. The zero-order valence-corrected chi connectivity index (χ0v) is 13.7. The monoisotopic (exact) mass is 323 g/mol. The van der Waals surface area contributed by atoms with E-state index in [1.54, 1.807) is 19.2 Å². The third-order valence-electron chi connectivity index (χ3n) is 4.09. The number of unbranched alkanes of at least 4 members (excludes halogenated alkanes) is 1. The quantitative estimate of drug-likeness (QED) is 0.722. The molecule has 23 heavy (non-hydrogen) atoms. The van der Waals surface area contributed by atoms with Crippen LogP contribution in [-0.2, 0) is 4.74 Å². The lowest BCUT2D eigenvalue weighted by Gasteiger charge is -2.19. The van der Waals surface area contributed by atoms with Crippen LogP contribution in [0.25, 0.3) is 0 Å². The molecule has 2 N–H and O–H groups in total. The number of halogens is 1. The highest BCUT2D eigenvalue weighted by Crippen LogP contribution is 2.23. The Kier molecular flexibility index (Phi) is 7.13. The molecule has 0 spiro atoms. The zero-order chi connectivity index (χ0) is 16.5. The van der Waals surface area contributed by atoms with E-state index in [0.29, 0.717) is 19.0 Å². The summed E-state index contributed by atoms with van der Waals surface area (Å²) in [5, 5.41) is 5.78. The first-order chi connectivity index (χ1) is 11.2. The number of ether oxygens (including phenoxy) is 1. The second kappa shape index (κ2) is 9.35. The van der Waals surface area contributed by atoms with Gasteiger partial charge in [-0.15, -0.1) is 0 Å². The normalized spacial score (nSPS) is 17.3. The molecule has 0 unspecified atom stereocenters. The van der Waals surface area contributed by atoms with Gasteiger partial charge in [0, 0.05) is 45.6 Å². The van der Waals surface area contributed by atoms with Crippen LogP contribution in [0.4, 0.5) is 14.9 Å². The lowest BCUT2D eigenvalue weighted by molar-refractivity contribution is 0.192. The van der Waals surface area contributed by atoms with Gasteiger partial charge in [0.15, 0.2) is 0 Å². The fourth-order valence-corrected chi connectivity index (χ4v) is 2.76.